The fraction of sp³-hybridized carbons (Fsp3) is 1.00. The van der Waals surface area contributed by atoms with Crippen molar-refractivity contribution in [1.29, 1.82) is 0 Å². The van der Waals surface area contributed by atoms with Gasteiger partial charge in [-0.05, 0) is 0 Å². The van der Waals surface area contributed by atoms with Crippen molar-refractivity contribution < 1.29 is 10.2 Å². The van der Waals surface area contributed by atoms with Gasteiger partial charge >= 0.3 is 59.1 Å². The summed E-state index contributed by atoms with van der Waals surface area (Å²) in [6.45, 7) is 0.289. The van der Waals surface area contributed by atoms with Crippen molar-refractivity contribution in [3.63, 3.8) is 0 Å². The number of hydrogen-bond acceptors (Lipinski definition) is 4. The van der Waals surface area contributed by atoms with Crippen LogP contribution in [-0.4, -0.2) is 88.2 Å². The van der Waals surface area contributed by atoms with Crippen LogP contribution in [0.25, 0.3) is 0 Å². The molecule has 0 aliphatic heterocycles. The van der Waals surface area contributed by atoms with Crippen molar-refractivity contribution in [2.45, 2.75) is 18.8 Å². The Morgan fingerprint density at radius 3 is 1.70 bits per heavy atom. The molecule has 6 heteroatoms. The zero-order valence-corrected chi connectivity index (χ0v) is 4.62. The Balaban J connectivity index is -0.000000245. The molecule has 0 rings (SSSR count). The topological polar surface area (TPSA) is 92.5 Å². The summed E-state index contributed by atoms with van der Waals surface area (Å²) in [6, 6.07) is -0.296. The summed E-state index contributed by atoms with van der Waals surface area (Å²) in [5.41, 5.74) is 10.3. The molecule has 0 spiro atoms. The molecular formula is C4H14N2Na2O2. The molecule has 10 heavy (non-hydrogen) atoms. The fourth-order valence-electron chi connectivity index (χ4n) is 0.367. The summed E-state index contributed by atoms with van der Waals surface area (Å²) in [6.07, 6.45) is -1.18. The Hall–Kier alpha value is 1.84. The molecule has 54 valence electrons. The normalized spacial score (nSPS) is 11.7. The third-order valence-electron chi connectivity index (χ3n) is 0.816. The third-order valence-corrected chi connectivity index (χ3v) is 0.816. The van der Waals surface area contributed by atoms with Crippen molar-refractivity contribution in [3.8, 4) is 0 Å². The second-order valence-corrected chi connectivity index (χ2v) is 1.71. The Morgan fingerprint density at radius 2 is 1.60 bits per heavy atom. The van der Waals surface area contributed by atoms with E-state index >= 15 is 0 Å². The molecule has 4 nitrogen and oxygen atoms in total. The molecule has 0 aromatic rings. The van der Waals surface area contributed by atoms with Crippen LogP contribution in [0.1, 0.15) is 6.42 Å². The maximum atomic E-state index is 8.27. The molecule has 0 aromatic carbocycles. The molecule has 0 saturated carbocycles. The van der Waals surface area contributed by atoms with Gasteiger partial charge in [-0.25, -0.2) is 0 Å². The minimum atomic E-state index is -1.33. The van der Waals surface area contributed by atoms with E-state index in [0.29, 0.717) is 0 Å². The van der Waals surface area contributed by atoms with E-state index in [9.17, 15) is 0 Å². The zero-order chi connectivity index (χ0) is 6.57. The van der Waals surface area contributed by atoms with Crippen LogP contribution in [0.4, 0.5) is 0 Å². The van der Waals surface area contributed by atoms with Gasteiger partial charge in [0.1, 0.15) is 0 Å². The van der Waals surface area contributed by atoms with Gasteiger partial charge in [0.25, 0.3) is 0 Å². The predicted octanol–water partition coefficient (Wildman–Crippen LogP) is -3.32. The van der Waals surface area contributed by atoms with Crippen molar-refractivity contribution in [3.05, 3.63) is 0 Å². The van der Waals surface area contributed by atoms with Gasteiger partial charge in [0.2, 0.25) is 0 Å². The van der Waals surface area contributed by atoms with E-state index in [4.69, 9.17) is 21.7 Å². The molecule has 0 aromatic heterocycles. The van der Waals surface area contributed by atoms with E-state index in [1.165, 1.54) is 0 Å². The molecule has 0 radical (unpaired) electrons. The van der Waals surface area contributed by atoms with E-state index in [1.807, 2.05) is 0 Å². The first kappa shape index (κ1) is 17.8. The van der Waals surface area contributed by atoms with E-state index in [-0.39, 0.29) is 78.1 Å². The van der Waals surface area contributed by atoms with Crippen LogP contribution in [0.3, 0.4) is 0 Å². The Bertz CT molecular complexity index is 65.2. The zero-order valence-electron chi connectivity index (χ0n) is 4.62. The summed E-state index contributed by atoms with van der Waals surface area (Å²) in [5, 5.41) is 16.5. The van der Waals surface area contributed by atoms with Crippen molar-refractivity contribution >= 4 is 59.1 Å². The number of nitrogens with two attached hydrogens (primary N) is 2. The summed E-state index contributed by atoms with van der Waals surface area (Å²) in [7, 11) is 0. The van der Waals surface area contributed by atoms with Crippen molar-refractivity contribution in [2.75, 3.05) is 6.54 Å². The first-order valence-corrected chi connectivity index (χ1v) is 2.48. The molecule has 0 heterocycles. The second kappa shape index (κ2) is 10.8. The van der Waals surface area contributed by atoms with Gasteiger partial charge in [-0.2, -0.15) is 0 Å². The average molecular weight is 168 g/mol. The summed E-state index contributed by atoms with van der Waals surface area (Å²) in [5.74, 6) is 0. The van der Waals surface area contributed by atoms with E-state index < -0.39 is 6.29 Å². The molecule has 0 saturated heterocycles. The fourth-order valence-corrected chi connectivity index (χ4v) is 0.367. The van der Waals surface area contributed by atoms with Gasteiger partial charge in [0.05, 0.1) is 0 Å². The second-order valence-electron chi connectivity index (χ2n) is 1.71. The molecule has 1 unspecified atom stereocenters. The van der Waals surface area contributed by atoms with Crippen LogP contribution in [0.15, 0.2) is 0 Å². The molecule has 0 fully saturated rings. The Morgan fingerprint density at radius 1 is 1.20 bits per heavy atom. The minimum absolute atomic E-state index is 0. The molecule has 0 bridgehead atoms. The van der Waals surface area contributed by atoms with E-state index in [1.54, 1.807) is 0 Å². The standard InChI is InChI=1S/C4H12N2O2.2Na.2H/c5-2-3(6)1-4(7)8;;;;/h3-4,7-8H,1-2,5-6H2;;;;. The maximum absolute atomic E-state index is 8.27. The van der Waals surface area contributed by atoms with Crippen molar-refractivity contribution in [2.24, 2.45) is 11.5 Å². The monoisotopic (exact) mass is 168 g/mol. The number of aliphatic hydroxyl groups excluding tert-OH is 1. The van der Waals surface area contributed by atoms with Gasteiger partial charge in [0, 0.05) is 19.0 Å². The van der Waals surface area contributed by atoms with Crippen LogP contribution in [-0.2, 0) is 0 Å². The number of hydrogen-bond donors (Lipinski definition) is 4. The van der Waals surface area contributed by atoms with E-state index in [2.05, 4.69) is 0 Å². The van der Waals surface area contributed by atoms with Crippen LogP contribution in [0.2, 0.25) is 0 Å². The van der Waals surface area contributed by atoms with Crippen LogP contribution < -0.4 is 11.5 Å². The van der Waals surface area contributed by atoms with Crippen LogP contribution in [0, 0.1) is 0 Å². The quantitative estimate of drug-likeness (QED) is 0.262. The summed E-state index contributed by atoms with van der Waals surface area (Å²) in [4.78, 5) is 0. The molecule has 0 amide bonds. The molecule has 6 N–H and O–H groups in total. The van der Waals surface area contributed by atoms with Gasteiger partial charge in [-0.15, -0.1) is 0 Å². The number of rotatable bonds is 3. The first-order chi connectivity index (χ1) is 3.66. The SMILES string of the molecule is NCC(N)CC(O)O.[NaH].[NaH]. The van der Waals surface area contributed by atoms with E-state index in [0.717, 1.165) is 0 Å². The van der Waals surface area contributed by atoms with Crippen LogP contribution >= 0.6 is 0 Å². The van der Waals surface area contributed by atoms with Crippen molar-refractivity contribution in [1.82, 2.24) is 0 Å². The molecule has 1 atom stereocenters. The van der Waals surface area contributed by atoms with Crippen LogP contribution in [0.5, 0.6) is 0 Å². The average Bonchev–Trinajstić information content (AvgIpc) is 1.65. The molecule has 0 aliphatic carbocycles. The van der Waals surface area contributed by atoms with Gasteiger partial charge in [0.15, 0.2) is 6.29 Å². The molecular weight excluding hydrogens is 154 g/mol. The van der Waals surface area contributed by atoms with Gasteiger partial charge in [-0.3, -0.25) is 0 Å². The number of aliphatic hydroxyl groups is 2. The predicted molar refractivity (Wildman–Crippen MR) is 44.2 cm³/mol. The Kier molecular flexibility index (Phi) is 19.3. The summed E-state index contributed by atoms with van der Waals surface area (Å²) < 4.78 is 0. The van der Waals surface area contributed by atoms with Gasteiger partial charge < -0.3 is 21.7 Å². The first-order valence-electron chi connectivity index (χ1n) is 2.48. The summed E-state index contributed by atoms with van der Waals surface area (Å²) >= 11 is 0. The third kappa shape index (κ3) is 12.5. The Labute approximate surface area is 105 Å². The van der Waals surface area contributed by atoms with Gasteiger partial charge in [-0.1, -0.05) is 0 Å². The molecule has 0 aliphatic rings.